The van der Waals surface area contributed by atoms with Crippen molar-refractivity contribution in [3.63, 3.8) is 0 Å². The number of benzene rings is 2. The normalized spacial score (nSPS) is 10.4. The zero-order valence-electron chi connectivity index (χ0n) is 14.1. The van der Waals surface area contributed by atoms with Crippen molar-refractivity contribution in [2.45, 2.75) is 32.9 Å². The summed E-state index contributed by atoms with van der Waals surface area (Å²) in [6.45, 7) is 4.33. The van der Waals surface area contributed by atoms with Crippen LogP contribution in [0.4, 0.5) is 10.5 Å². The monoisotopic (exact) mass is 375 g/mol. The van der Waals surface area contributed by atoms with Crippen molar-refractivity contribution in [2.75, 3.05) is 5.32 Å². The van der Waals surface area contributed by atoms with Crippen molar-refractivity contribution in [3.8, 4) is 6.07 Å². The highest BCUT2D eigenvalue weighted by Crippen LogP contribution is 2.24. The fourth-order valence-electron chi connectivity index (χ4n) is 2.32. The highest BCUT2D eigenvalue weighted by molar-refractivity contribution is 6.42. The first-order valence-electron chi connectivity index (χ1n) is 7.88. The van der Waals surface area contributed by atoms with Crippen molar-refractivity contribution >= 4 is 34.9 Å². The van der Waals surface area contributed by atoms with Gasteiger partial charge in [0.1, 0.15) is 0 Å². The first-order valence-corrected chi connectivity index (χ1v) is 8.63. The van der Waals surface area contributed by atoms with E-state index in [1.54, 1.807) is 29.2 Å². The van der Waals surface area contributed by atoms with Gasteiger partial charge in [0, 0.05) is 18.3 Å². The average molecular weight is 376 g/mol. The number of urea groups is 1. The first-order chi connectivity index (χ1) is 11.9. The zero-order valence-corrected chi connectivity index (χ0v) is 15.6. The molecule has 6 heteroatoms. The Morgan fingerprint density at radius 2 is 1.76 bits per heavy atom. The number of halogens is 2. The third kappa shape index (κ3) is 5.38. The minimum atomic E-state index is -0.200. The van der Waals surface area contributed by atoms with Gasteiger partial charge in [-0.15, -0.1) is 0 Å². The van der Waals surface area contributed by atoms with Crippen LogP contribution < -0.4 is 5.32 Å². The van der Waals surface area contributed by atoms with Gasteiger partial charge in [-0.2, -0.15) is 5.26 Å². The second kappa shape index (κ2) is 8.75. The van der Waals surface area contributed by atoms with Gasteiger partial charge in [0.05, 0.1) is 22.5 Å². The number of anilines is 1. The molecule has 0 aliphatic heterocycles. The summed E-state index contributed by atoms with van der Waals surface area (Å²) in [6, 6.07) is 14.5. The molecule has 0 fully saturated rings. The molecule has 0 aliphatic carbocycles. The van der Waals surface area contributed by atoms with E-state index in [4.69, 9.17) is 28.5 Å². The van der Waals surface area contributed by atoms with Gasteiger partial charge in [-0.1, -0.05) is 41.4 Å². The van der Waals surface area contributed by atoms with Gasteiger partial charge in [0.2, 0.25) is 0 Å². The van der Waals surface area contributed by atoms with Crippen LogP contribution in [-0.4, -0.2) is 17.0 Å². The van der Waals surface area contributed by atoms with Gasteiger partial charge in [-0.05, 0) is 49.2 Å². The molecular weight excluding hydrogens is 357 g/mol. The molecule has 0 saturated carbocycles. The van der Waals surface area contributed by atoms with Gasteiger partial charge in [-0.25, -0.2) is 4.79 Å². The Morgan fingerprint density at radius 1 is 1.12 bits per heavy atom. The summed E-state index contributed by atoms with van der Waals surface area (Å²) in [5, 5.41) is 12.5. The maximum Gasteiger partial charge on any atom is 0.322 e. The maximum atomic E-state index is 12.6. The van der Waals surface area contributed by atoms with Crippen LogP contribution in [0.5, 0.6) is 0 Å². The Labute approximate surface area is 158 Å². The molecule has 4 nitrogen and oxygen atoms in total. The molecule has 0 spiro atoms. The van der Waals surface area contributed by atoms with Crippen molar-refractivity contribution in [1.82, 2.24) is 4.90 Å². The lowest BCUT2D eigenvalue weighted by Crippen LogP contribution is -2.39. The number of rotatable bonds is 5. The number of nitrogens with one attached hydrogen (secondary N) is 1. The molecule has 2 rings (SSSR count). The number of nitriles is 1. The summed E-state index contributed by atoms with van der Waals surface area (Å²) in [5.74, 6) is 0. The van der Waals surface area contributed by atoms with Crippen molar-refractivity contribution in [1.29, 1.82) is 5.26 Å². The summed E-state index contributed by atoms with van der Waals surface area (Å²) < 4.78 is 0. The van der Waals surface area contributed by atoms with Gasteiger partial charge in [-0.3, -0.25) is 0 Å². The highest BCUT2D eigenvalue weighted by Gasteiger charge is 2.18. The SMILES string of the molecule is CC(C)N(Cc1ccc(Cl)c(Cl)c1)C(=O)Nc1ccc(CC#N)cc1. The van der Waals surface area contributed by atoms with Gasteiger partial charge in [0.15, 0.2) is 0 Å². The average Bonchev–Trinajstić information content (AvgIpc) is 2.57. The molecule has 25 heavy (non-hydrogen) atoms. The van der Waals surface area contributed by atoms with Gasteiger partial charge >= 0.3 is 6.03 Å². The molecular formula is C19H19Cl2N3O. The number of carbonyl (C=O) groups excluding carboxylic acids is 1. The Hall–Kier alpha value is -2.22. The molecule has 2 aromatic rings. The third-order valence-electron chi connectivity index (χ3n) is 3.71. The number of amides is 2. The van der Waals surface area contributed by atoms with Crippen molar-refractivity contribution in [3.05, 3.63) is 63.6 Å². The molecule has 130 valence electrons. The molecule has 0 aromatic heterocycles. The first kappa shape index (κ1) is 19.1. The van der Waals surface area contributed by atoms with Crippen LogP contribution in [0.2, 0.25) is 10.0 Å². The Morgan fingerprint density at radius 3 is 2.32 bits per heavy atom. The van der Waals surface area contributed by atoms with Crippen LogP contribution in [0.3, 0.4) is 0 Å². The molecule has 0 heterocycles. The number of hydrogen-bond donors (Lipinski definition) is 1. The van der Waals surface area contributed by atoms with E-state index in [0.29, 0.717) is 28.7 Å². The summed E-state index contributed by atoms with van der Waals surface area (Å²) in [5.41, 5.74) is 2.51. The van der Waals surface area contributed by atoms with Crippen LogP contribution in [0, 0.1) is 11.3 Å². The van der Waals surface area contributed by atoms with E-state index in [0.717, 1.165) is 11.1 Å². The van der Waals surface area contributed by atoms with E-state index >= 15 is 0 Å². The van der Waals surface area contributed by atoms with Crippen LogP contribution in [0.1, 0.15) is 25.0 Å². The number of carbonyl (C=O) groups is 1. The summed E-state index contributed by atoms with van der Waals surface area (Å²) in [4.78, 5) is 14.3. The molecule has 0 aliphatic rings. The molecule has 0 saturated heterocycles. The van der Waals surface area contributed by atoms with E-state index in [1.165, 1.54) is 0 Å². The number of hydrogen-bond acceptors (Lipinski definition) is 2. The van der Waals surface area contributed by atoms with Crippen LogP contribution >= 0.6 is 23.2 Å². The lowest BCUT2D eigenvalue weighted by molar-refractivity contribution is 0.193. The second-order valence-corrected chi connectivity index (χ2v) is 6.75. The van der Waals surface area contributed by atoms with Gasteiger partial charge < -0.3 is 10.2 Å². The van der Waals surface area contributed by atoms with E-state index in [-0.39, 0.29) is 12.1 Å². The highest BCUT2D eigenvalue weighted by atomic mass is 35.5. The Balaban J connectivity index is 2.09. The Bertz CT molecular complexity index is 782. The topological polar surface area (TPSA) is 56.1 Å². The fraction of sp³-hybridized carbons (Fsp3) is 0.263. The van der Waals surface area contributed by atoms with E-state index in [1.807, 2.05) is 32.0 Å². The smallest absolute Gasteiger partial charge is 0.318 e. The quantitative estimate of drug-likeness (QED) is 0.749. The van der Waals surface area contributed by atoms with E-state index in [2.05, 4.69) is 11.4 Å². The summed E-state index contributed by atoms with van der Waals surface area (Å²) >= 11 is 12.0. The fourth-order valence-corrected chi connectivity index (χ4v) is 2.64. The molecule has 2 amide bonds. The van der Waals surface area contributed by atoms with Crippen LogP contribution in [0.15, 0.2) is 42.5 Å². The molecule has 2 aromatic carbocycles. The largest absolute Gasteiger partial charge is 0.322 e. The second-order valence-electron chi connectivity index (χ2n) is 5.93. The van der Waals surface area contributed by atoms with Crippen molar-refractivity contribution in [2.24, 2.45) is 0 Å². The predicted molar refractivity (Wildman–Crippen MR) is 102 cm³/mol. The molecule has 0 unspecified atom stereocenters. The lowest BCUT2D eigenvalue weighted by atomic mass is 10.1. The molecule has 0 atom stereocenters. The molecule has 0 bridgehead atoms. The van der Waals surface area contributed by atoms with Crippen molar-refractivity contribution < 1.29 is 4.79 Å². The number of nitrogens with zero attached hydrogens (tertiary/aromatic N) is 2. The lowest BCUT2D eigenvalue weighted by Gasteiger charge is -2.27. The molecule has 1 N–H and O–H groups in total. The standard InChI is InChI=1S/C19H19Cl2N3O/c1-13(2)24(12-15-5-8-17(20)18(21)11-15)19(25)23-16-6-3-14(4-7-16)9-10-22/h3-8,11,13H,9,12H2,1-2H3,(H,23,25). The van der Waals surface area contributed by atoms with E-state index in [9.17, 15) is 4.79 Å². The van der Waals surface area contributed by atoms with Gasteiger partial charge in [0.25, 0.3) is 0 Å². The summed E-state index contributed by atoms with van der Waals surface area (Å²) in [7, 11) is 0. The minimum absolute atomic E-state index is 0.00677. The summed E-state index contributed by atoms with van der Waals surface area (Å²) in [6.07, 6.45) is 0.351. The Kier molecular flexibility index (Phi) is 6.69. The zero-order chi connectivity index (χ0) is 18.4. The predicted octanol–water partition coefficient (Wildman–Crippen LogP) is 5.50. The van der Waals surface area contributed by atoms with Crippen LogP contribution in [-0.2, 0) is 13.0 Å². The third-order valence-corrected chi connectivity index (χ3v) is 4.45. The van der Waals surface area contributed by atoms with Crippen LogP contribution in [0.25, 0.3) is 0 Å². The van der Waals surface area contributed by atoms with E-state index < -0.39 is 0 Å². The minimum Gasteiger partial charge on any atom is -0.318 e. The maximum absolute atomic E-state index is 12.6. The molecule has 0 radical (unpaired) electrons.